The Kier molecular flexibility index (Phi) is 5.25. The number of aromatic nitrogens is 1. The number of carbonyl (C=O) groups is 1. The van der Waals surface area contributed by atoms with Crippen LogP contribution < -0.4 is 5.56 Å². The molecule has 1 aliphatic heterocycles. The van der Waals surface area contributed by atoms with Crippen molar-refractivity contribution >= 4 is 22.9 Å². The third-order valence-corrected chi connectivity index (χ3v) is 5.03. The first-order valence-corrected chi connectivity index (χ1v) is 8.78. The maximum atomic E-state index is 12.4. The van der Waals surface area contributed by atoms with Crippen LogP contribution in [0.4, 0.5) is 5.69 Å². The molecule has 0 unspecified atom stereocenters. The number of thiophene rings is 1. The molecule has 0 saturated carbocycles. The molecule has 1 saturated heterocycles. The number of nitrogens with zero attached hydrogens (tertiary/aromatic N) is 4. The van der Waals surface area contributed by atoms with E-state index in [4.69, 9.17) is 0 Å². The lowest BCUT2D eigenvalue weighted by molar-refractivity contribution is -0.385. The zero-order valence-electron chi connectivity index (χ0n) is 13.5. The van der Waals surface area contributed by atoms with Crippen LogP contribution in [0.25, 0.3) is 0 Å². The van der Waals surface area contributed by atoms with Crippen LogP contribution in [0.1, 0.15) is 4.88 Å². The van der Waals surface area contributed by atoms with Crippen LogP contribution in [0, 0.1) is 10.1 Å². The summed E-state index contributed by atoms with van der Waals surface area (Å²) in [6.45, 7) is 3.43. The molecule has 8 nitrogen and oxygen atoms in total. The van der Waals surface area contributed by atoms with Crippen molar-refractivity contribution < 1.29 is 9.72 Å². The monoisotopic (exact) mass is 362 g/mol. The number of hydrogen-bond acceptors (Lipinski definition) is 6. The van der Waals surface area contributed by atoms with Crippen molar-refractivity contribution in [2.24, 2.45) is 0 Å². The summed E-state index contributed by atoms with van der Waals surface area (Å²) in [4.78, 5) is 39.7. The summed E-state index contributed by atoms with van der Waals surface area (Å²) in [6.07, 6.45) is 1.12. The van der Waals surface area contributed by atoms with Gasteiger partial charge in [-0.3, -0.25) is 29.2 Å². The van der Waals surface area contributed by atoms with Crippen molar-refractivity contribution in [3.63, 3.8) is 0 Å². The fourth-order valence-corrected chi connectivity index (χ4v) is 3.52. The highest BCUT2D eigenvalue weighted by Gasteiger charge is 2.22. The summed E-state index contributed by atoms with van der Waals surface area (Å²) >= 11 is 1.72. The van der Waals surface area contributed by atoms with Gasteiger partial charge in [-0.25, -0.2) is 0 Å². The average molecular weight is 362 g/mol. The molecule has 0 atom stereocenters. The Morgan fingerprint density at radius 3 is 2.60 bits per heavy atom. The molecule has 0 N–H and O–H groups in total. The van der Waals surface area contributed by atoms with Gasteiger partial charge in [-0.2, -0.15) is 0 Å². The van der Waals surface area contributed by atoms with Crippen LogP contribution >= 0.6 is 11.3 Å². The molecule has 2 aromatic heterocycles. The smallest absolute Gasteiger partial charge is 0.285 e. The van der Waals surface area contributed by atoms with Gasteiger partial charge in [0.2, 0.25) is 5.91 Å². The predicted octanol–water partition coefficient (Wildman–Crippen LogP) is 1.16. The maximum Gasteiger partial charge on any atom is 0.285 e. The van der Waals surface area contributed by atoms with Crippen molar-refractivity contribution in [1.82, 2.24) is 14.4 Å². The van der Waals surface area contributed by atoms with E-state index in [1.54, 1.807) is 16.2 Å². The second-order valence-electron chi connectivity index (χ2n) is 5.85. The lowest BCUT2D eigenvalue weighted by Crippen LogP contribution is -2.49. The SMILES string of the molecule is O=C(Cn1cc([N+](=O)[O-])ccc1=O)N1CCN(Cc2cccs2)CC1. The van der Waals surface area contributed by atoms with Crippen molar-refractivity contribution in [2.45, 2.75) is 13.1 Å². The Morgan fingerprint density at radius 2 is 1.96 bits per heavy atom. The van der Waals surface area contributed by atoms with Crippen LogP contribution in [0.3, 0.4) is 0 Å². The highest BCUT2D eigenvalue weighted by atomic mass is 32.1. The van der Waals surface area contributed by atoms with Gasteiger partial charge in [0, 0.05) is 49.7 Å². The molecule has 0 aliphatic carbocycles. The molecule has 3 heterocycles. The van der Waals surface area contributed by atoms with E-state index in [9.17, 15) is 19.7 Å². The molecule has 2 aromatic rings. The Balaban J connectivity index is 1.57. The fourth-order valence-electron chi connectivity index (χ4n) is 2.77. The third kappa shape index (κ3) is 4.31. The van der Waals surface area contributed by atoms with Crippen molar-refractivity contribution in [1.29, 1.82) is 0 Å². The maximum absolute atomic E-state index is 12.4. The molecule has 0 spiro atoms. The Labute approximate surface area is 148 Å². The molecule has 9 heteroatoms. The molecule has 25 heavy (non-hydrogen) atoms. The Hall–Kier alpha value is -2.52. The van der Waals surface area contributed by atoms with Gasteiger partial charge in [-0.15, -0.1) is 11.3 Å². The second-order valence-corrected chi connectivity index (χ2v) is 6.88. The topological polar surface area (TPSA) is 88.7 Å². The minimum Gasteiger partial charge on any atom is -0.339 e. The van der Waals surface area contributed by atoms with Gasteiger partial charge in [0.15, 0.2) is 0 Å². The number of piperazine rings is 1. The van der Waals surface area contributed by atoms with Gasteiger partial charge in [0.05, 0.1) is 11.1 Å². The van der Waals surface area contributed by atoms with E-state index >= 15 is 0 Å². The standard InChI is InChI=1S/C16H18N4O4S/c21-15-4-3-13(20(23)24)10-19(15)12-16(22)18-7-5-17(6-8-18)11-14-2-1-9-25-14/h1-4,9-10H,5-8,11-12H2. The normalized spacial score (nSPS) is 15.3. The summed E-state index contributed by atoms with van der Waals surface area (Å²) in [7, 11) is 0. The van der Waals surface area contributed by atoms with Gasteiger partial charge in [-0.1, -0.05) is 6.07 Å². The van der Waals surface area contributed by atoms with Crippen molar-refractivity contribution in [2.75, 3.05) is 26.2 Å². The minimum absolute atomic E-state index is 0.175. The van der Waals surface area contributed by atoms with Crippen LogP contribution in [0.5, 0.6) is 0 Å². The zero-order valence-corrected chi connectivity index (χ0v) is 14.4. The Bertz CT molecular complexity index is 810. The Morgan fingerprint density at radius 1 is 1.20 bits per heavy atom. The van der Waals surface area contributed by atoms with Crippen LogP contribution in [0.2, 0.25) is 0 Å². The summed E-state index contributed by atoms with van der Waals surface area (Å²) in [5, 5.41) is 12.9. The number of pyridine rings is 1. The molecule has 1 fully saturated rings. The van der Waals surface area contributed by atoms with E-state index in [1.165, 1.54) is 4.88 Å². The summed E-state index contributed by atoms with van der Waals surface area (Å²) in [5.74, 6) is -0.196. The lowest BCUT2D eigenvalue weighted by Gasteiger charge is -2.34. The molecule has 0 radical (unpaired) electrons. The first-order chi connectivity index (χ1) is 12.0. The first kappa shape index (κ1) is 17.3. The van der Waals surface area contributed by atoms with Gasteiger partial charge >= 0.3 is 0 Å². The van der Waals surface area contributed by atoms with Crippen LogP contribution in [0.15, 0.2) is 40.6 Å². The van der Waals surface area contributed by atoms with Crippen LogP contribution in [-0.4, -0.2) is 51.4 Å². The molecule has 3 rings (SSSR count). The van der Waals surface area contributed by atoms with E-state index in [-0.39, 0.29) is 18.1 Å². The van der Waals surface area contributed by atoms with E-state index in [0.29, 0.717) is 13.1 Å². The molecule has 1 amide bonds. The second kappa shape index (κ2) is 7.58. The van der Waals surface area contributed by atoms with E-state index in [2.05, 4.69) is 11.0 Å². The summed E-state index contributed by atoms with van der Waals surface area (Å²) in [6, 6.07) is 6.38. The van der Waals surface area contributed by atoms with Gasteiger partial charge in [0.1, 0.15) is 6.54 Å². The fraction of sp³-hybridized carbons (Fsp3) is 0.375. The van der Waals surface area contributed by atoms with Gasteiger partial charge in [-0.05, 0) is 11.4 Å². The quantitative estimate of drug-likeness (QED) is 0.588. The lowest BCUT2D eigenvalue weighted by atomic mass is 10.3. The summed E-state index contributed by atoms with van der Waals surface area (Å²) in [5.41, 5.74) is -0.622. The molecule has 132 valence electrons. The first-order valence-electron chi connectivity index (χ1n) is 7.90. The van der Waals surface area contributed by atoms with Gasteiger partial charge in [0.25, 0.3) is 11.2 Å². The number of hydrogen-bond donors (Lipinski definition) is 0. The van der Waals surface area contributed by atoms with E-state index < -0.39 is 10.5 Å². The minimum atomic E-state index is -0.580. The summed E-state index contributed by atoms with van der Waals surface area (Å²) < 4.78 is 1.10. The number of rotatable bonds is 5. The average Bonchev–Trinajstić information content (AvgIpc) is 3.10. The molecular formula is C16H18N4O4S. The highest BCUT2D eigenvalue weighted by Crippen LogP contribution is 2.14. The zero-order chi connectivity index (χ0) is 17.8. The van der Waals surface area contributed by atoms with Crippen molar-refractivity contribution in [3.05, 3.63) is 61.2 Å². The van der Waals surface area contributed by atoms with Gasteiger partial charge < -0.3 is 4.90 Å². The third-order valence-electron chi connectivity index (χ3n) is 4.17. The van der Waals surface area contributed by atoms with Crippen molar-refractivity contribution in [3.8, 4) is 0 Å². The molecular weight excluding hydrogens is 344 g/mol. The molecule has 1 aliphatic rings. The van der Waals surface area contributed by atoms with E-state index in [1.807, 2.05) is 11.4 Å². The highest BCUT2D eigenvalue weighted by molar-refractivity contribution is 7.09. The number of carbonyl (C=O) groups excluding carboxylic acids is 1. The largest absolute Gasteiger partial charge is 0.339 e. The molecule has 0 bridgehead atoms. The number of amides is 1. The predicted molar refractivity (Wildman–Crippen MR) is 93.5 cm³/mol. The molecule has 0 aromatic carbocycles. The number of nitro groups is 1. The van der Waals surface area contributed by atoms with Crippen LogP contribution in [-0.2, 0) is 17.9 Å². The van der Waals surface area contributed by atoms with E-state index in [0.717, 1.165) is 42.5 Å².